The van der Waals surface area contributed by atoms with Crippen molar-refractivity contribution in [3.63, 3.8) is 0 Å². The zero-order valence-corrected chi connectivity index (χ0v) is 17.8. The molecule has 7 heteroatoms. The lowest BCUT2D eigenvalue weighted by Gasteiger charge is -2.41. The molecule has 0 spiro atoms. The van der Waals surface area contributed by atoms with Crippen molar-refractivity contribution in [1.29, 1.82) is 0 Å². The predicted octanol–water partition coefficient (Wildman–Crippen LogP) is 3.79. The minimum Gasteiger partial charge on any atom is -0.478 e. The van der Waals surface area contributed by atoms with E-state index < -0.39 is 23.5 Å². The quantitative estimate of drug-likeness (QED) is 0.782. The van der Waals surface area contributed by atoms with Crippen LogP contribution >= 0.6 is 0 Å². The van der Waals surface area contributed by atoms with E-state index in [-0.39, 0.29) is 17.2 Å². The van der Waals surface area contributed by atoms with Crippen molar-refractivity contribution < 1.29 is 24.2 Å². The summed E-state index contributed by atoms with van der Waals surface area (Å²) in [7, 11) is 0. The maximum atomic E-state index is 13.2. The Kier molecular flexibility index (Phi) is 5.57. The number of benzene rings is 2. The zero-order valence-electron chi connectivity index (χ0n) is 17.8. The largest absolute Gasteiger partial charge is 0.478 e. The molecule has 2 aromatic rings. The van der Waals surface area contributed by atoms with Crippen LogP contribution < -0.4 is 15.0 Å². The second-order valence-electron chi connectivity index (χ2n) is 7.90. The van der Waals surface area contributed by atoms with Crippen molar-refractivity contribution in [2.45, 2.75) is 52.7 Å². The molecular weight excluding hydrogens is 384 g/mol. The fourth-order valence-corrected chi connectivity index (χ4v) is 3.57. The maximum absolute atomic E-state index is 13.2. The molecule has 1 aliphatic rings. The summed E-state index contributed by atoms with van der Waals surface area (Å²) in [6, 6.07) is 9.21. The Morgan fingerprint density at radius 1 is 1.23 bits per heavy atom. The van der Waals surface area contributed by atoms with Crippen LogP contribution in [0.25, 0.3) is 0 Å². The van der Waals surface area contributed by atoms with Gasteiger partial charge in [0.1, 0.15) is 11.8 Å². The van der Waals surface area contributed by atoms with Gasteiger partial charge in [-0.2, -0.15) is 0 Å². The summed E-state index contributed by atoms with van der Waals surface area (Å²) in [4.78, 5) is 39.1. The Morgan fingerprint density at radius 3 is 2.57 bits per heavy atom. The van der Waals surface area contributed by atoms with Crippen molar-refractivity contribution in [3.8, 4) is 5.75 Å². The van der Waals surface area contributed by atoms with Crippen molar-refractivity contribution in [1.82, 2.24) is 0 Å². The molecular formula is C23H26N2O5. The third-order valence-electron chi connectivity index (χ3n) is 5.32. The second-order valence-corrected chi connectivity index (χ2v) is 7.90. The second kappa shape index (κ2) is 7.82. The molecule has 0 fully saturated rings. The van der Waals surface area contributed by atoms with Crippen LogP contribution in [0.1, 0.15) is 49.2 Å². The Bertz CT molecular complexity index is 1030. The van der Waals surface area contributed by atoms with Crippen LogP contribution in [0.3, 0.4) is 0 Å². The average molecular weight is 410 g/mol. The number of amides is 2. The van der Waals surface area contributed by atoms with E-state index in [4.69, 9.17) is 4.74 Å². The van der Waals surface area contributed by atoms with Crippen LogP contribution in [0, 0.1) is 6.92 Å². The van der Waals surface area contributed by atoms with Crippen molar-refractivity contribution in [3.05, 3.63) is 53.1 Å². The third kappa shape index (κ3) is 3.75. The third-order valence-corrected chi connectivity index (χ3v) is 5.32. The number of carbonyl (C=O) groups excluding carboxylic acids is 2. The topological polar surface area (TPSA) is 95.9 Å². The normalized spacial score (nSPS) is 15.8. The molecule has 0 bridgehead atoms. The molecule has 0 saturated carbocycles. The number of rotatable bonds is 5. The number of carboxylic acids is 1. The van der Waals surface area contributed by atoms with E-state index in [1.54, 1.807) is 20.8 Å². The lowest BCUT2D eigenvalue weighted by Crippen LogP contribution is -2.58. The first kappa shape index (κ1) is 21.4. The van der Waals surface area contributed by atoms with E-state index in [0.29, 0.717) is 5.75 Å². The first-order chi connectivity index (χ1) is 14.1. The Labute approximate surface area is 175 Å². The molecule has 2 N–H and O–H groups in total. The highest BCUT2D eigenvalue weighted by Crippen LogP contribution is 2.39. The van der Waals surface area contributed by atoms with E-state index in [1.165, 1.54) is 23.1 Å². The summed E-state index contributed by atoms with van der Waals surface area (Å²) in [6.07, 6.45) is 0.750. The molecule has 0 aromatic heterocycles. The highest BCUT2D eigenvalue weighted by Gasteiger charge is 2.44. The molecule has 3 rings (SSSR count). The van der Waals surface area contributed by atoms with Crippen LogP contribution in [0.5, 0.6) is 5.75 Å². The minimum atomic E-state index is -1.19. The van der Waals surface area contributed by atoms with Gasteiger partial charge in [-0.15, -0.1) is 0 Å². The van der Waals surface area contributed by atoms with Gasteiger partial charge in [-0.1, -0.05) is 25.1 Å². The first-order valence-corrected chi connectivity index (χ1v) is 9.86. The van der Waals surface area contributed by atoms with E-state index in [1.807, 2.05) is 32.0 Å². The van der Waals surface area contributed by atoms with Gasteiger partial charge in [0.2, 0.25) is 5.91 Å². The Balaban J connectivity index is 2.01. The number of hydrogen-bond donors (Lipinski definition) is 2. The lowest BCUT2D eigenvalue weighted by atomic mass is 10.00. The van der Waals surface area contributed by atoms with Crippen LogP contribution in [-0.2, 0) is 16.0 Å². The molecule has 1 unspecified atom stereocenters. The van der Waals surface area contributed by atoms with Crippen LogP contribution in [0.4, 0.5) is 11.4 Å². The summed E-state index contributed by atoms with van der Waals surface area (Å²) < 4.78 is 5.78. The van der Waals surface area contributed by atoms with Crippen LogP contribution in [0.15, 0.2) is 36.4 Å². The fraction of sp³-hybridized carbons (Fsp3) is 0.348. The first-order valence-electron chi connectivity index (χ1n) is 9.86. The number of aryl methyl sites for hydroxylation is 2. The molecule has 7 nitrogen and oxygen atoms in total. The van der Waals surface area contributed by atoms with E-state index in [0.717, 1.165) is 23.2 Å². The molecule has 0 radical (unpaired) electrons. The Hall–Kier alpha value is -3.35. The van der Waals surface area contributed by atoms with Gasteiger partial charge >= 0.3 is 5.97 Å². The summed E-state index contributed by atoms with van der Waals surface area (Å²) in [5, 5.41) is 12.3. The number of carbonyl (C=O) groups is 3. The standard InChI is InChI=1S/C23H26N2O5/c1-6-15-9-7-8-13(2)19(15)24-20(26)14(3)25-17-12-16(21(27)28)10-11-18(17)30-23(4,5)22(25)29/h7-12,14H,6H2,1-5H3,(H,24,26)(H,27,28). The summed E-state index contributed by atoms with van der Waals surface area (Å²) >= 11 is 0. The number of fused-ring (bicyclic) bond motifs is 1. The number of hydrogen-bond acceptors (Lipinski definition) is 4. The fourth-order valence-electron chi connectivity index (χ4n) is 3.57. The summed E-state index contributed by atoms with van der Waals surface area (Å²) in [5.74, 6) is -1.55. The molecule has 1 heterocycles. The lowest BCUT2D eigenvalue weighted by molar-refractivity contribution is -0.134. The molecule has 30 heavy (non-hydrogen) atoms. The maximum Gasteiger partial charge on any atom is 0.335 e. The Morgan fingerprint density at radius 2 is 1.93 bits per heavy atom. The molecule has 2 amide bonds. The SMILES string of the molecule is CCc1cccc(C)c1NC(=O)C(C)N1C(=O)C(C)(C)Oc2ccc(C(=O)O)cc21. The van der Waals surface area contributed by atoms with Gasteiger partial charge in [0, 0.05) is 5.69 Å². The van der Waals surface area contributed by atoms with Gasteiger partial charge < -0.3 is 15.2 Å². The van der Waals surface area contributed by atoms with Crippen LogP contribution in [0.2, 0.25) is 0 Å². The molecule has 1 aliphatic heterocycles. The van der Waals surface area contributed by atoms with Gasteiger partial charge in [0.05, 0.1) is 11.3 Å². The minimum absolute atomic E-state index is 0.00892. The van der Waals surface area contributed by atoms with E-state index in [9.17, 15) is 19.5 Å². The molecule has 1 atom stereocenters. The molecule has 2 aromatic carbocycles. The number of para-hydroxylation sites is 1. The molecule has 0 aliphatic carbocycles. The monoisotopic (exact) mass is 410 g/mol. The highest BCUT2D eigenvalue weighted by atomic mass is 16.5. The van der Waals surface area contributed by atoms with Crippen molar-refractivity contribution in [2.75, 3.05) is 10.2 Å². The number of carboxylic acid groups (broad SMARTS) is 1. The summed E-state index contributed by atoms with van der Waals surface area (Å²) in [6.45, 7) is 8.78. The van der Waals surface area contributed by atoms with E-state index >= 15 is 0 Å². The van der Waals surface area contributed by atoms with E-state index in [2.05, 4.69) is 5.32 Å². The van der Waals surface area contributed by atoms with Gasteiger partial charge in [0.25, 0.3) is 5.91 Å². The van der Waals surface area contributed by atoms with Gasteiger partial charge in [-0.05, 0) is 63.4 Å². The van der Waals surface area contributed by atoms with Gasteiger partial charge in [-0.25, -0.2) is 4.79 Å². The number of aromatic carboxylic acids is 1. The smallest absolute Gasteiger partial charge is 0.335 e. The number of ether oxygens (including phenoxy) is 1. The molecule has 0 saturated heterocycles. The predicted molar refractivity (Wildman–Crippen MR) is 114 cm³/mol. The summed E-state index contributed by atoms with van der Waals surface area (Å²) in [5.41, 5.74) is 1.74. The average Bonchev–Trinajstić information content (AvgIpc) is 2.69. The van der Waals surface area contributed by atoms with Gasteiger partial charge in [-0.3, -0.25) is 14.5 Å². The number of anilines is 2. The molecule has 158 valence electrons. The van der Waals surface area contributed by atoms with Crippen LogP contribution in [-0.4, -0.2) is 34.5 Å². The highest BCUT2D eigenvalue weighted by molar-refractivity contribution is 6.10. The van der Waals surface area contributed by atoms with Gasteiger partial charge in [0.15, 0.2) is 5.60 Å². The van der Waals surface area contributed by atoms with Crippen molar-refractivity contribution in [2.24, 2.45) is 0 Å². The zero-order chi connectivity index (χ0) is 22.2. The van der Waals surface area contributed by atoms with Crippen molar-refractivity contribution >= 4 is 29.2 Å². The number of nitrogens with zero attached hydrogens (tertiary/aromatic N) is 1. The number of nitrogens with one attached hydrogen (secondary N) is 1.